The fraction of sp³-hybridized carbons (Fsp3) is 0.605. The van der Waals surface area contributed by atoms with Gasteiger partial charge < -0.3 is 39.2 Å². The van der Waals surface area contributed by atoms with Crippen molar-refractivity contribution in [1.82, 2.24) is 15.1 Å². The van der Waals surface area contributed by atoms with Gasteiger partial charge in [-0.25, -0.2) is 4.79 Å². The van der Waals surface area contributed by atoms with Crippen molar-refractivity contribution in [3.8, 4) is 28.7 Å². The molecule has 0 spiro atoms. The molecular weight excluding hydrogens is 690 g/mol. The number of carbonyl (C=O) groups is 3. The number of phenolic OH excluding ortho intramolecular Hbond substituents is 1. The number of methoxy groups -OCH3 is 1. The number of ether oxygens (including phenoxy) is 5. The van der Waals surface area contributed by atoms with Crippen LogP contribution < -0.4 is 24.3 Å². The van der Waals surface area contributed by atoms with Crippen LogP contribution in [0.15, 0.2) is 6.07 Å². The second-order valence-electron chi connectivity index (χ2n) is 14.5. The number of rotatable bonds is 9. The first-order chi connectivity index (χ1) is 25.0. The van der Waals surface area contributed by atoms with Gasteiger partial charge in [-0.05, 0) is 44.9 Å². The summed E-state index contributed by atoms with van der Waals surface area (Å²) in [4.78, 5) is 43.8. The quantitative estimate of drug-likeness (QED) is 0.188. The smallest absolute Gasteiger partial charge is 0.329 e. The Labute approximate surface area is 308 Å². The Morgan fingerprint density at radius 2 is 1.81 bits per heavy atom. The van der Waals surface area contributed by atoms with Crippen LogP contribution in [0.5, 0.6) is 28.7 Å². The summed E-state index contributed by atoms with van der Waals surface area (Å²) in [6.45, 7) is 6.95. The van der Waals surface area contributed by atoms with E-state index in [4.69, 9.17) is 23.7 Å². The number of esters is 2. The number of hydrogen-bond acceptors (Lipinski definition) is 13. The molecule has 0 saturated carbocycles. The third-order valence-electron chi connectivity index (χ3n) is 11.3. The maximum Gasteiger partial charge on any atom is 0.329 e. The number of benzene rings is 2. The van der Waals surface area contributed by atoms with E-state index in [1.54, 1.807) is 0 Å². The van der Waals surface area contributed by atoms with Crippen molar-refractivity contribution in [3.05, 3.63) is 39.4 Å². The SMILES string of the molecule is CCCCCCCC(=O)NC1CS[C@@H]2c3c(OC(C)=O)c(C)c4c(c3[C@H](COC1=O)N1C2[C@H]2c3c(cc(C)c(OC)c3O)C[C@@H]([C@@H]1O)N2C)OCO4. The number of thioether (sulfide) groups is 1. The van der Waals surface area contributed by atoms with E-state index in [1.165, 1.54) is 25.8 Å². The molecule has 2 fully saturated rings. The van der Waals surface area contributed by atoms with E-state index in [-0.39, 0.29) is 36.9 Å². The van der Waals surface area contributed by atoms with Crippen molar-refractivity contribution in [2.24, 2.45) is 0 Å². The zero-order valence-electron chi connectivity index (χ0n) is 30.7. The van der Waals surface area contributed by atoms with Gasteiger partial charge in [0.05, 0.1) is 30.5 Å². The number of unbranched alkanes of at least 4 members (excludes halogenated alkanes) is 4. The molecule has 4 bridgehead atoms. The van der Waals surface area contributed by atoms with Crippen molar-refractivity contribution in [3.63, 3.8) is 0 Å². The molecule has 8 rings (SSSR count). The number of amides is 1. The first kappa shape index (κ1) is 36.6. The molecule has 2 unspecified atom stereocenters. The number of phenols is 1. The number of likely N-dealkylation sites (N-methyl/N-ethyl adjacent to an activating group) is 1. The minimum Gasteiger partial charge on any atom is -0.504 e. The highest BCUT2D eigenvalue weighted by Crippen LogP contribution is 2.63. The minimum atomic E-state index is -1.03. The average molecular weight is 740 g/mol. The molecule has 0 aliphatic carbocycles. The molecule has 0 radical (unpaired) electrons. The number of piperazine rings is 1. The zero-order valence-corrected chi connectivity index (χ0v) is 31.5. The molecule has 52 heavy (non-hydrogen) atoms. The topological polar surface area (TPSA) is 156 Å². The normalized spacial score (nSPS) is 27.6. The molecule has 14 heteroatoms. The fourth-order valence-corrected chi connectivity index (χ4v) is 10.5. The van der Waals surface area contributed by atoms with Crippen LogP contribution in [-0.4, -0.2) is 95.5 Å². The van der Waals surface area contributed by atoms with Crippen LogP contribution in [0.3, 0.4) is 0 Å². The summed E-state index contributed by atoms with van der Waals surface area (Å²) in [6, 6.07) is -1.07. The molecule has 2 aromatic carbocycles. The monoisotopic (exact) mass is 739 g/mol. The number of aliphatic hydroxyl groups is 1. The van der Waals surface area contributed by atoms with Gasteiger partial charge in [0.2, 0.25) is 12.7 Å². The molecule has 7 atom stereocenters. The molecule has 6 heterocycles. The first-order valence-corrected chi connectivity index (χ1v) is 19.3. The molecular formula is C38H49N3O10S. The Hall–Kier alpha value is -3.72. The highest BCUT2D eigenvalue weighted by molar-refractivity contribution is 7.99. The van der Waals surface area contributed by atoms with Crippen LogP contribution in [0.1, 0.15) is 103 Å². The third-order valence-corrected chi connectivity index (χ3v) is 12.7. The fourth-order valence-electron chi connectivity index (χ4n) is 9.03. The summed E-state index contributed by atoms with van der Waals surface area (Å²) in [5, 5.41) is 26.7. The van der Waals surface area contributed by atoms with E-state index in [2.05, 4.69) is 17.1 Å². The summed E-state index contributed by atoms with van der Waals surface area (Å²) >= 11 is 1.42. The number of nitrogens with one attached hydrogen (secondary N) is 1. The van der Waals surface area contributed by atoms with E-state index in [0.717, 1.165) is 43.2 Å². The molecule has 6 aliphatic rings. The molecule has 0 aromatic heterocycles. The van der Waals surface area contributed by atoms with Gasteiger partial charge in [-0.1, -0.05) is 38.7 Å². The van der Waals surface area contributed by atoms with Crippen LogP contribution in [0.2, 0.25) is 0 Å². The number of aromatic hydroxyl groups is 1. The summed E-state index contributed by atoms with van der Waals surface area (Å²) < 4.78 is 29.8. The predicted molar refractivity (Wildman–Crippen MR) is 192 cm³/mol. The highest BCUT2D eigenvalue weighted by Gasteiger charge is 2.60. The van der Waals surface area contributed by atoms with E-state index in [0.29, 0.717) is 58.1 Å². The molecule has 282 valence electrons. The second-order valence-corrected chi connectivity index (χ2v) is 15.7. The number of carbonyl (C=O) groups excluding carboxylic acids is 3. The lowest BCUT2D eigenvalue weighted by Crippen LogP contribution is -2.69. The van der Waals surface area contributed by atoms with Gasteiger partial charge in [0.25, 0.3) is 0 Å². The van der Waals surface area contributed by atoms with Gasteiger partial charge >= 0.3 is 11.9 Å². The Morgan fingerprint density at radius 3 is 2.54 bits per heavy atom. The minimum absolute atomic E-state index is 0.0416. The van der Waals surface area contributed by atoms with Crippen LogP contribution >= 0.6 is 11.8 Å². The summed E-state index contributed by atoms with van der Waals surface area (Å²) in [5.74, 6) is 0.482. The van der Waals surface area contributed by atoms with Crippen molar-refractivity contribution in [2.75, 3.05) is 33.3 Å². The lowest BCUT2D eigenvalue weighted by molar-refractivity contribution is -0.184. The van der Waals surface area contributed by atoms with E-state index in [1.807, 2.05) is 31.9 Å². The number of aryl methyl sites for hydroxylation is 1. The van der Waals surface area contributed by atoms with Crippen LogP contribution in [0.25, 0.3) is 0 Å². The van der Waals surface area contributed by atoms with Crippen LogP contribution in [0, 0.1) is 13.8 Å². The predicted octanol–water partition coefficient (Wildman–Crippen LogP) is 4.50. The highest BCUT2D eigenvalue weighted by atomic mass is 32.2. The largest absolute Gasteiger partial charge is 0.504 e. The third kappa shape index (κ3) is 6.05. The maximum atomic E-state index is 13.8. The first-order valence-electron chi connectivity index (χ1n) is 18.3. The molecule has 2 aromatic rings. The van der Waals surface area contributed by atoms with E-state index in [9.17, 15) is 24.6 Å². The van der Waals surface area contributed by atoms with Gasteiger partial charge in [-0.15, -0.1) is 11.8 Å². The number of fused-ring (bicyclic) bond motifs is 10. The van der Waals surface area contributed by atoms with Crippen molar-refractivity contribution in [1.29, 1.82) is 0 Å². The van der Waals surface area contributed by atoms with Gasteiger partial charge in [0, 0.05) is 47.4 Å². The lowest BCUT2D eigenvalue weighted by atomic mass is 9.73. The summed E-state index contributed by atoms with van der Waals surface area (Å²) in [6.07, 6.45) is 4.68. The average Bonchev–Trinajstić information content (AvgIpc) is 3.60. The maximum absolute atomic E-state index is 13.8. The molecule has 1 amide bonds. The lowest BCUT2D eigenvalue weighted by Gasteiger charge is -2.62. The number of hydrogen-bond donors (Lipinski definition) is 3. The number of nitrogens with zero attached hydrogens (tertiary/aromatic N) is 2. The summed E-state index contributed by atoms with van der Waals surface area (Å²) in [7, 11) is 3.48. The van der Waals surface area contributed by atoms with Gasteiger partial charge in [0.15, 0.2) is 23.0 Å². The van der Waals surface area contributed by atoms with Gasteiger partial charge in [0.1, 0.15) is 24.6 Å². The second kappa shape index (κ2) is 14.6. The van der Waals surface area contributed by atoms with Crippen molar-refractivity contribution >= 4 is 29.6 Å². The van der Waals surface area contributed by atoms with Gasteiger partial charge in [-0.2, -0.15) is 0 Å². The Bertz CT molecular complexity index is 1770. The Morgan fingerprint density at radius 1 is 1.06 bits per heavy atom. The molecule has 6 aliphatic heterocycles. The van der Waals surface area contributed by atoms with Crippen molar-refractivity contribution in [2.45, 2.75) is 114 Å². The van der Waals surface area contributed by atoms with Gasteiger partial charge in [-0.3, -0.25) is 19.4 Å². The Kier molecular flexibility index (Phi) is 10.3. The van der Waals surface area contributed by atoms with Crippen LogP contribution in [0.4, 0.5) is 0 Å². The number of aliphatic hydroxyl groups excluding tert-OH is 1. The molecule has 2 saturated heterocycles. The van der Waals surface area contributed by atoms with Crippen molar-refractivity contribution < 1.29 is 48.3 Å². The van der Waals surface area contributed by atoms with E-state index >= 15 is 0 Å². The molecule has 3 N–H and O–H groups in total. The Balaban J connectivity index is 1.38. The standard InChI is InChI=1S/C38H49N3O10S/c1-7-8-9-10-11-12-25(43)39-22-16-52-36-28-27(35-34(49-17-50-35)19(3)33(28)51-20(4)42)24(15-48-38(22)46)41-30(36)29-26-21(14-23(37(41)45)40(29)5)13-18(2)32(47-6)31(26)44/h13,22-24,29-30,36-37,44-45H,7-12,14-17H2,1-6H3,(H,39,43)/t22?,23-,24-,29+,30?,36+,37-/m0/s1. The zero-order chi connectivity index (χ0) is 37.0. The molecule has 13 nitrogen and oxygen atoms in total. The van der Waals surface area contributed by atoms with E-state index < -0.39 is 47.6 Å². The summed E-state index contributed by atoms with van der Waals surface area (Å²) in [5.41, 5.74) is 4.29. The van der Waals surface area contributed by atoms with Crippen LogP contribution in [-0.2, 0) is 25.5 Å².